The molecule has 0 bridgehead atoms. The molecule has 1 heterocycles. The van der Waals surface area contributed by atoms with Crippen LogP contribution in [-0.2, 0) is 4.74 Å². The van der Waals surface area contributed by atoms with E-state index in [-0.39, 0.29) is 0 Å². The van der Waals surface area contributed by atoms with Crippen molar-refractivity contribution in [2.45, 2.75) is 12.8 Å². The van der Waals surface area contributed by atoms with Crippen molar-refractivity contribution in [3.05, 3.63) is 29.5 Å². The van der Waals surface area contributed by atoms with Gasteiger partial charge in [0.1, 0.15) is 11.4 Å². The standard InChI is InChI=1S/C15H16N2O4/c1-20-15(19)12-6-10-11(17-12)4-9(14(16)18)5-13(10)21-7-8-2-3-8/h4-6,8,17H,2-3,7H2,1H3,(H2,16,18). The van der Waals surface area contributed by atoms with Crippen LogP contribution in [0.4, 0.5) is 0 Å². The molecule has 110 valence electrons. The third-order valence-electron chi connectivity index (χ3n) is 3.56. The molecule has 0 saturated heterocycles. The highest BCUT2D eigenvalue weighted by Crippen LogP contribution is 2.33. The van der Waals surface area contributed by atoms with E-state index in [4.69, 9.17) is 10.5 Å². The number of methoxy groups -OCH3 is 1. The van der Waals surface area contributed by atoms with Crippen LogP contribution in [0.3, 0.4) is 0 Å². The van der Waals surface area contributed by atoms with E-state index in [9.17, 15) is 9.59 Å². The van der Waals surface area contributed by atoms with E-state index < -0.39 is 11.9 Å². The summed E-state index contributed by atoms with van der Waals surface area (Å²) >= 11 is 0. The Morgan fingerprint density at radius 1 is 1.33 bits per heavy atom. The number of aromatic nitrogens is 1. The van der Waals surface area contributed by atoms with E-state index in [2.05, 4.69) is 9.72 Å². The number of hydrogen-bond acceptors (Lipinski definition) is 4. The van der Waals surface area contributed by atoms with Gasteiger partial charge in [-0.3, -0.25) is 4.79 Å². The summed E-state index contributed by atoms with van der Waals surface area (Å²) < 4.78 is 10.5. The van der Waals surface area contributed by atoms with Crippen molar-refractivity contribution in [3.63, 3.8) is 0 Å². The summed E-state index contributed by atoms with van der Waals surface area (Å²) in [5.74, 6) is 0.123. The van der Waals surface area contributed by atoms with Crippen LogP contribution in [0.1, 0.15) is 33.7 Å². The molecule has 2 aromatic rings. The lowest BCUT2D eigenvalue weighted by molar-refractivity contribution is 0.0595. The monoisotopic (exact) mass is 288 g/mol. The van der Waals surface area contributed by atoms with Crippen molar-refractivity contribution in [1.82, 2.24) is 4.98 Å². The number of nitrogens with two attached hydrogens (primary N) is 1. The average molecular weight is 288 g/mol. The van der Waals surface area contributed by atoms with Crippen LogP contribution in [-0.4, -0.2) is 30.6 Å². The second-order valence-electron chi connectivity index (χ2n) is 5.23. The summed E-state index contributed by atoms with van der Waals surface area (Å²) in [7, 11) is 1.31. The zero-order chi connectivity index (χ0) is 15.0. The molecule has 1 aliphatic rings. The first kappa shape index (κ1) is 13.5. The number of fused-ring (bicyclic) bond motifs is 1. The molecule has 0 aliphatic heterocycles. The van der Waals surface area contributed by atoms with Crippen LogP contribution in [0.25, 0.3) is 10.9 Å². The number of benzene rings is 1. The topological polar surface area (TPSA) is 94.4 Å². The molecule has 1 aromatic carbocycles. The van der Waals surface area contributed by atoms with Crippen LogP contribution in [0.2, 0.25) is 0 Å². The lowest BCUT2D eigenvalue weighted by atomic mass is 10.1. The molecule has 1 saturated carbocycles. The third-order valence-corrected chi connectivity index (χ3v) is 3.56. The van der Waals surface area contributed by atoms with Gasteiger partial charge in [0.05, 0.1) is 19.2 Å². The number of carbonyl (C=O) groups excluding carboxylic acids is 2. The Hall–Kier alpha value is -2.50. The molecule has 6 nitrogen and oxygen atoms in total. The van der Waals surface area contributed by atoms with E-state index in [0.29, 0.717) is 35.0 Å². The van der Waals surface area contributed by atoms with Gasteiger partial charge in [-0.05, 0) is 37.0 Å². The number of nitrogens with one attached hydrogen (secondary N) is 1. The van der Waals surface area contributed by atoms with Crippen LogP contribution in [0.15, 0.2) is 18.2 Å². The number of ether oxygens (including phenoxy) is 2. The molecule has 0 unspecified atom stereocenters. The van der Waals surface area contributed by atoms with Gasteiger partial charge in [-0.2, -0.15) is 0 Å². The smallest absolute Gasteiger partial charge is 0.354 e. The zero-order valence-corrected chi connectivity index (χ0v) is 11.6. The van der Waals surface area contributed by atoms with Gasteiger partial charge < -0.3 is 20.2 Å². The van der Waals surface area contributed by atoms with Gasteiger partial charge in [-0.15, -0.1) is 0 Å². The first-order valence-corrected chi connectivity index (χ1v) is 6.76. The molecule has 6 heteroatoms. The molecule has 0 radical (unpaired) electrons. The molecule has 0 spiro atoms. The largest absolute Gasteiger partial charge is 0.493 e. The Morgan fingerprint density at radius 3 is 2.71 bits per heavy atom. The van der Waals surface area contributed by atoms with E-state index in [0.717, 1.165) is 5.39 Å². The maximum atomic E-state index is 11.6. The highest BCUT2D eigenvalue weighted by atomic mass is 16.5. The first-order valence-electron chi connectivity index (χ1n) is 6.76. The van der Waals surface area contributed by atoms with Gasteiger partial charge in [0, 0.05) is 10.9 Å². The van der Waals surface area contributed by atoms with E-state index in [1.807, 2.05) is 0 Å². The number of hydrogen-bond donors (Lipinski definition) is 2. The van der Waals surface area contributed by atoms with Gasteiger partial charge in [0.25, 0.3) is 0 Å². The van der Waals surface area contributed by atoms with E-state index >= 15 is 0 Å². The molecule has 1 aromatic heterocycles. The number of aromatic amines is 1. The maximum Gasteiger partial charge on any atom is 0.354 e. The Kier molecular flexibility index (Phi) is 3.29. The number of H-pyrrole nitrogens is 1. The predicted octanol–water partition coefficient (Wildman–Crippen LogP) is 1.84. The normalized spacial score (nSPS) is 14.1. The quantitative estimate of drug-likeness (QED) is 0.821. The minimum absolute atomic E-state index is 0.311. The Balaban J connectivity index is 2.04. The van der Waals surface area contributed by atoms with Crippen LogP contribution < -0.4 is 10.5 Å². The number of esters is 1. The Labute approximate surface area is 121 Å². The fraction of sp³-hybridized carbons (Fsp3) is 0.333. The molecule has 1 aliphatic carbocycles. The molecule has 21 heavy (non-hydrogen) atoms. The molecular weight excluding hydrogens is 272 g/mol. The van der Waals surface area contributed by atoms with Gasteiger partial charge in [0.15, 0.2) is 0 Å². The first-order chi connectivity index (χ1) is 10.1. The number of carbonyl (C=O) groups is 2. The fourth-order valence-electron chi connectivity index (χ4n) is 2.18. The Morgan fingerprint density at radius 2 is 2.10 bits per heavy atom. The minimum Gasteiger partial charge on any atom is -0.493 e. The SMILES string of the molecule is COC(=O)c1cc2c(OCC3CC3)cc(C(N)=O)cc2[nH]1. The lowest BCUT2D eigenvalue weighted by Crippen LogP contribution is -2.11. The highest BCUT2D eigenvalue weighted by Gasteiger charge is 2.23. The average Bonchev–Trinajstić information content (AvgIpc) is 3.20. The summed E-state index contributed by atoms with van der Waals surface area (Å²) in [6, 6.07) is 4.88. The molecule has 1 amide bonds. The highest BCUT2D eigenvalue weighted by molar-refractivity contribution is 6.02. The molecular formula is C15H16N2O4. The second-order valence-corrected chi connectivity index (χ2v) is 5.23. The van der Waals surface area contributed by atoms with Crippen molar-refractivity contribution in [1.29, 1.82) is 0 Å². The second kappa shape index (κ2) is 5.12. The molecule has 0 atom stereocenters. The summed E-state index contributed by atoms with van der Waals surface area (Å²) in [6.07, 6.45) is 2.33. The predicted molar refractivity (Wildman–Crippen MR) is 76.4 cm³/mol. The van der Waals surface area contributed by atoms with Crippen LogP contribution in [0.5, 0.6) is 5.75 Å². The van der Waals surface area contributed by atoms with Crippen molar-refractivity contribution in [3.8, 4) is 5.75 Å². The van der Waals surface area contributed by atoms with Crippen molar-refractivity contribution >= 4 is 22.8 Å². The molecule has 3 N–H and O–H groups in total. The van der Waals surface area contributed by atoms with Gasteiger partial charge in [-0.1, -0.05) is 0 Å². The van der Waals surface area contributed by atoms with Crippen molar-refractivity contribution in [2.24, 2.45) is 11.7 Å². The lowest BCUT2D eigenvalue weighted by Gasteiger charge is -2.08. The Bertz CT molecular complexity index is 716. The van der Waals surface area contributed by atoms with Gasteiger partial charge in [-0.25, -0.2) is 4.79 Å². The van der Waals surface area contributed by atoms with Crippen LogP contribution in [0, 0.1) is 5.92 Å². The summed E-state index contributed by atoms with van der Waals surface area (Å²) in [5, 5.41) is 0.737. The number of amides is 1. The van der Waals surface area contributed by atoms with E-state index in [1.54, 1.807) is 18.2 Å². The summed E-state index contributed by atoms with van der Waals surface area (Å²) in [4.78, 5) is 25.9. The minimum atomic E-state index is -0.539. The van der Waals surface area contributed by atoms with Gasteiger partial charge >= 0.3 is 5.97 Å². The number of rotatable bonds is 5. The van der Waals surface area contributed by atoms with E-state index in [1.165, 1.54) is 20.0 Å². The zero-order valence-electron chi connectivity index (χ0n) is 11.6. The summed E-state index contributed by atoms with van der Waals surface area (Å²) in [5.41, 5.74) is 6.61. The summed E-state index contributed by atoms with van der Waals surface area (Å²) in [6.45, 7) is 0.607. The van der Waals surface area contributed by atoms with Crippen molar-refractivity contribution in [2.75, 3.05) is 13.7 Å². The molecule has 3 rings (SSSR count). The number of primary amides is 1. The maximum absolute atomic E-state index is 11.6. The van der Waals surface area contributed by atoms with Crippen molar-refractivity contribution < 1.29 is 19.1 Å². The fourth-order valence-corrected chi connectivity index (χ4v) is 2.18. The van der Waals surface area contributed by atoms with Crippen LogP contribution >= 0.6 is 0 Å². The third kappa shape index (κ3) is 2.69. The van der Waals surface area contributed by atoms with Gasteiger partial charge in [0.2, 0.25) is 5.91 Å². The molecule has 1 fully saturated rings.